The Morgan fingerprint density at radius 2 is 1.92 bits per heavy atom. The summed E-state index contributed by atoms with van der Waals surface area (Å²) in [5.41, 5.74) is 2.90. The van der Waals surface area contributed by atoms with Gasteiger partial charge in [-0.15, -0.1) is 0 Å². The number of carbonyl (C=O) groups is 2. The Morgan fingerprint density at radius 1 is 1.17 bits per heavy atom. The molecule has 0 amide bonds. The Hall–Kier alpha value is -2.76. The zero-order valence-electron chi connectivity index (χ0n) is 13.7. The van der Waals surface area contributed by atoms with Crippen molar-refractivity contribution in [2.75, 3.05) is 13.2 Å². The second-order valence-corrected chi connectivity index (χ2v) is 5.48. The fraction of sp³-hybridized carbons (Fsp3) is 0.333. The number of carbonyl (C=O) groups excluding carboxylic acids is 2. The van der Waals surface area contributed by atoms with E-state index in [0.717, 1.165) is 16.5 Å². The number of hydrogen-bond acceptors (Lipinski definition) is 5. The number of para-hydroxylation sites is 1. The molecule has 0 spiro atoms. The monoisotopic (exact) mass is 328 g/mol. The van der Waals surface area contributed by atoms with E-state index in [2.05, 4.69) is 10.3 Å². The molecule has 1 aliphatic heterocycles. The van der Waals surface area contributed by atoms with Crippen LogP contribution in [0.5, 0.6) is 0 Å². The SMILES string of the molecule is CCOC(=O)C1=CN[C@@H](C(=O)OCC)Cc2c1[nH]c1ccccc21. The summed E-state index contributed by atoms with van der Waals surface area (Å²) in [7, 11) is 0. The van der Waals surface area contributed by atoms with Crippen molar-refractivity contribution in [1.29, 1.82) is 0 Å². The molecule has 3 rings (SSSR count). The average molecular weight is 328 g/mol. The summed E-state index contributed by atoms with van der Waals surface area (Å²) in [5.74, 6) is -0.766. The summed E-state index contributed by atoms with van der Waals surface area (Å²) in [6.45, 7) is 4.13. The van der Waals surface area contributed by atoms with Crippen molar-refractivity contribution in [3.05, 3.63) is 41.7 Å². The van der Waals surface area contributed by atoms with Crippen molar-refractivity contribution >= 4 is 28.4 Å². The van der Waals surface area contributed by atoms with Gasteiger partial charge in [-0.05, 0) is 25.5 Å². The summed E-state index contributed by atoms with van der Waals surface area (Å²) in [6, 6.07) is 7.23. The molecule has 2 N–H and O–H groups in total. The van der Waals surface area contributed by atoms with Gasteiger partial charge in [-0.2, -0.15) is 0 Å². The molecule has 2 aromatic rings. The van der Waals surface area contributed by atoms with Crippen molar-refractivity contribution in [2.45, 2.75) is 26.3 Å². The molecule has 6 nitrogen and oxygen atoms in total. The van der Waals surface area contributed by atoms with Gasteiger partial charge in [0, 0.05) is 23.5 Å². The number of rotatable bonds is 4. The van der Waals surface area contributed by atoms with Crippen LogP contribution in [0.1, 0.15) is 25.1 Å². The molecule has 0 saturated carbocycles. The molecule has 0 unspecified atom stereocenters. The zero-order valence-corrected chi connectivity index (χ0v) is 13.7. The van der Waals surface area contributed by atoms with Gasteiger partial charge in [0.05, 0.1) is 24.5 Å². The smallest absolute Gasteiger partial charge is 0.341 e. The Morgan fingerprint density at radius 3 is 2.67 bits per heavy atom. The van der Waals surface area contributed by atoms with Crippen LogP contribution in [0.15, 0.2) is 30.5 Å². The van der Waals surface area contributed by atoms with Gasteiger partial charge in [0.2, 0.25) is 0 Å². The van der Waals surface area contributed by atoms with Crippen molar-refractivity contribution in [2.24, 2.45) is 0 Å². The Balaban J connectivity index is 2.09. The van der Waals surface area contributed by atoms with E-state index in [-0.39, 0.29) is 12.6 Å². The van der Waals surface area contributed by atoms with E-state index in [1.165, 1.54) is 0 Å². The van der Waals surface area contributed by atoms with E-state index in [0.29, 0.717) is 24.3 Å². The highest BCUT2D eigenvalue weighted by Crippen LogP contribution is 2.31. The minimum atomic E-state index is -0.546. The second kappa shape index (κ2) is 6.78. The molecular weight excluding hydrogens is 308 g/mol. The first-order chi connectivity index (χ1) is 11.7. The van der Waals surface area contributed by atoms with Crippen LogP contribution in [0, 0.1) is 0 Å². The first-order valence-corrected chi connectivity index (χ1v) is 8.05. The van der Waals surface area contributed by atoms with E-state index < -0.39 is 12.0 Å². The zero-order chi connectivity index (χ0) is 17.1. The predicted molar refractivity (Wildman–Crippen MR) is 90.2 cm³/mol. The van der Waals surface area contributed by atoms with E-state index in [1.54, 1.807) is 20.0 Å². The predicted octanol–water partition coefficient (Wildman–Crippen LogP) is 2.15. The molecule has 6 heteroatoms. The molecule has 0 aliphatic carbocycles. The third kappa shape index (κ3) is 2.87. The molecule has 1 aromatic heterocycles. The van der Waals surface area contributed by atoms with Gasteiger partial charge >= 0.3 is 11.9 Å². The number of hydrogen-bond donors (Lipinski definition) is 2. The average Bonchev–Trinajstić information content (AvgIpc) is 2.81. The fourth-order valence-electron chi connectivity index (χ4n) is 2.93. The van der Waals surface area contributed by atoms with Crippen molar-refractivity contribution in [1.82, 2.24) is 10.3 Å². The summed E-state index contributed by atoms with van der Waals surface area (Å²) in [5, 5.41) is 3.98. The largest absolute Gasteiger partial charge is 0.464 e. The molecule has 126 valence electrons. The molecule has 0 fully saturated rings. The van der Waals surface area contributed by atoms with Crippen LogP contribution in [-0.4, -0.2) is 36.2 Å². The van der Waals surface area contributed by atoms with Crippen LogP contribution in [0.4, 0.5) is 0 Å². The number of nitrogens with one attached hydrogen (secondary N) is 2. The lowest BCUT2D eigenvalue weighted by Crippen LogP contribution is -2.36. The highest BCUT2D eigenvalue weighted by atomic mass is 16.5. The number of aromatic nitrogens is 1. The quantitative estimate of drug-likeness (QED) is 0.841. The molecule has 2 heterocycles. The van der Waals surface area contributed by atoms with E-state index >= 15 is 0 Å². The van der Waals surface area contributed by atoms with Crippen LogP contribution in [0.3, 0.4) is 0 Å². The highest BCUT2D eigenvalue weighted by Gasteiger charge is 2.29. The maximum atomic E-state index is 12.3. The first-order valence-electron chi connectivity index (χ1n) is 8.05. The summed E-state index contributed by atoms with van der Waals surface area (Å²) in [4.78, 5) is 27.8. The molecule has 0 radical (unpaired) electrons. The molecule has 1 aromatic carbocycles. The number of fused-ring (bicyclic) bond motifs is 3. The van der Waals surface area contributed by atoms with Gasteiger partial charge in [-0.1, -0.05) is 18.2 Å². The third-order valence-electron chi connectivity index (χ3n) is 3.99. The van der Waals surface area contributed by atoms with Crippen LogP contribution >= 0.6 is 0 Å². The number of aromatic amines is 1. The third-order valence-corrected chi connectivity index (χ3v) is 3.99. The summed E-state index contributed by atoms with van der Waals surface area (Å²) >= 11 is 0. The second-order valence-electron chi connectivity index (χ2n) is 5.48. The Bertz CT molecular complexity index is 806. The molecule has 0 saturated heterocycles. The lowest BCUT2D eigenvalue weighted by molar-refractivity contribution is -0.145. The summed E-state index contributed by atoms with van der Waals surface area (Å²) in [6.07, 6.45) is 1.97. The van der Waals surface area contributed by atoms with Crippen molar-refractivity contribution in [3.63, 3.8) is 0 Å². The molecule has 24 heavy (non-hydrogen) atoms. The first kappa shape index (κ1) is 16.1. The maximum absolute atomic E-state index is 12.3. The van der Waals surface area contributed by atoms with E-state index in [1.807, 2.05) is 24.3 Å². The molecule has 0 bridgehead atoms. The lowest BCUT2D eigenvalue weighted by atomic mass is 10.0. The van der Waals surface area contributed by atoms with Crippen LogP contribution in [0.2, 0.25) is 0 Å². The highest BCUT2D eigenvalue weighted by molar-refractivity contribution is 6.17. The molecular formula is C18H20N2O4. The molecule has 1 atom stereocenters. The normalized spacial score (nSPS) is 16.6. The van der Waals surface area contributed by atoms with Gasteiger partial charge in [-0.25, -0.2) is 9.59 Å². The van der Waals surface area contributed by atoms with Gasteiger partial charge in [0.25, 0.3) is 0 Å². The Labute approximate surface area is 139 Å². The van der Waals surface area contributed by atoms with Gasteiger partial charge in [0.1, 0.15) is 6.04 Å². The van der Waals surface area contributed by atoms with Crippen molar-refractivity contribution < 1.29 is 19.1 Å². The Kier molecular flexibility index (Phi) is 4.55. The number of H-pyrrole nitrogens is 1. The summed E-state index contributed by atoms with van der Waals surface area (Å²) < 4.78 is 10.3. The van der Waals surface area contributed by atoms with E-state index in [9.17, 15) is 9.59 Å². The van der Waals surface area contributed by atoms with Gasteiger partial charge < -0.3 is 19.8 Å². The van der Waals surface area contributed by atoms with Crippen LogP contribution in [0.25, 0.3) is 16.5 Å². The topological polar surface area (TPSA) is 80.4 Å². The fourth-order valence-corrected chi connectivity index (χ4v) is 2.93. The minimum absolute atomic E-state index is 0.285. The number of ether oxygens (including phenoxy) is 2. The van der Waals surface area contributed by atoms with Gasteiger partial charge in [-0.3, -0.25) is 0 Å². The van der Waals surface area contributed by atoms with Crippen LogP contribution in [-0.2, 0) is 25.5 Å². The number of benzene rings is 1. The number of esters is 2. The van der Waals surface area contributed by atoms with Crippen molar-refractivity contribution in [3.8, 4) is 0 Å². The standard InChI is InChI=1S/C18H20N2O4/c1-3-23-17(21)13-10-19-15(18(22)24-4-2)9-12-11-7-5-6-8-14(11)20-16(12)13/h5-8,10,15,19-20H,3-4,9H2,1-2H3/t15-/m1/s1. The maximum Gasteiger partial charge on any atom is 0.341 e. The minimum Gasteiger partial charge on any atom is -0.464 e. The van der Waals surface area contributed by atoms with Crippen LogP contribution < -0.4 is 5.32 Å². The van der Waals surface area contributed by atoms with Gasteiger partial charge in [0.15, 0.2) is 0 Å². The van der Waals surface area contributed by atoms with E-state index in [4.69, 9.17) is 9.47 Å². The lowest BCUT2D eigenvalue weighted by Gasteiger charge is -2.14. The molecule has 1 aliphatic rings.